The number of likely N-dealkylation sites (N-methyl/N-ethyl adjacent to an activating group) is 1. The number of nitrogens with two attached hydrogens (primary N) is 1. The van der Waals surface area contributed by atoms with Gasteiger partial charge in [0, 0.05) is 18.1 Å². The molecule has 0 saturated heterocycles. The molecule has 2 saturated carbocycles. The summed E-state index contributed by atoms with van der Waals surface area (Å²) in [4.78, 5) is 2.40. The maximum Gasteiger partial charge on any atom is 0.0695 e. The second-order valence-corrected chi connectivity index (χ2v) is 5.31. The van der Waals surface area contributed by atoms with E-state index in [1.165, 1.54) is 19.3 Å². The summed E-state index contributed by atoms with van der Waals surface area (Å²) in [5, 5.41) is 9.99. The van der Waals surface area contributed by atoms with Crippen LogP contribution >= 0.6 is 0 Å². The minimum absolute atomic E-state index is 0.111. The van der Waals surface area contributed by atoms with Crippen LogP contribution in [0.3, 0.4) is 0 Å². The third kappa shape index (κ3) is 2.52. The van der Waals surface area contributed by atoms with E-state index in [9.17, 15) is 5.11 Å². The Morgan fingerprint density at radius 2 is 1.87 bits per heavy atom. The van der Waals surface area contributed by atoms with E-state index in [0.717, 1.165) is 25.7 Å². The van der Waals surface area contributed by atoms with Gasteiger partial charge in [-0.15, -0.1) is 0 Å². The Morgan fingerprint density at radius 1 is 1.13 bits per heavy atom. The summed E-state index contributed by atoms with van der Waals surface area (Å²) in [7, 11) is 2.17. The van der Waals surface area contributed by atoms with Crippen molar-refractivity contribution in [3.63, 3.8) is 0 Å². The van der Waals surface area contributed by atoms with Gasteiger partial charge in [0.15, 0.2) is 0 Å². The van der Waals surface area contributed by atoms with Crippen molar-refractivity contribution in [2.75, 3.05) is 7.05 Å². The van der Waals surface area contributed by atoms with Gasteiger partial charge >= 0.3 is 0 Å². The standard InChI is InChI=1S/C12H24N2O/c1-14(10-7-6-9(13)8-10)11-4-2-3-5-12(11)15/h9-12,15H,2-8,13H2,1H3. The Labute approximate surface area is 92.6 Å². The molecule has 0 bridgehead atoms. The zero-order valence-corrected chi connectivity index (χ0v) is 9.73. The zero-order valence-electron chi connectivity index (χ0n) is 9.73. The quantitative estimate of drug-likeness (QED) is 0.720. The van der Waals surface area contributed by atoms with E-state index >= 15 is 0 Å². The molecule has 0 amide bonds. The highest BCUT2D eigenvalue weighted by atomic mass is 16.3. The van der Waals surface area contributed by atoms with Crippen LogP contribution in [-0.4, -0.2) is 41.3 Å². The second-order valence-electron chi connectivity index (χ2n) is 5.31. The van der Waals surface area contributed by atoms with Crippen LogP contribution in [0, 0.1) is 0 Å². The molecule has 15 heavy (non-hydrogen) atoms. The van der Waals surface area contributed by atoms with E-state index in [4.69, 9.17) is 5.73 Å². The Morgan fingerprint density at radius 3 is 2.47 bits per heavy atom. The topological polar surface area (TPSA) is 49.5 Å². The van der Waals surface area contributed by atoms with Crippen LogP contribution < -0.4 is 5.73 Å². The smallest absolute Gasteiger partial charge is 0.0695 e. The molecule has 2 aliphatic rings. The lowest BCUT2D eigenvalue weighted by atomic mass is 9.90. The average molecular weight is 212 g/mol. The van der Waals surface area contributed by atoms with Gasteiger partial charge in [-0.3, -0.25) is 4.90 Å². The minimum atomic E-state index is -0.111. The monoisotopic (exact) mass is 212 g/mol. The lowest BCUT2D eigenvalue weighted by Gasteiger charge is -2.38. The van der Waals surface area contributed by atoms with Crippen LogP contribution in [0.4, 0.5) is 0 Å². The van der Waals surface area contributed by atoms with E-state index in [1.54, 1.807) is 0 Å². The van der Waals surface area contributed by atoms with Crippen LogP contribution in [0.25, 0.3) is 0 Å². The molecule has 3 heteroatoms. The van der Waals surface area contributed by atoms with Crippen LogP contribution in [0.5, 0.6) is 0 Å². The molecule has 0 aliphatic heterocycles. The van der Waals surface area contributed by atoms with Crippen molar-refractivity contribution in [3.8, 4) is 0 Å². The molecule has 0 radical (unpaired) electrons. The van der Waals surface area contributed by atoms with Crippen LogP contribution in [0.1, 0.15) is 44.9 Å². The largest absolute Gasteiger partial charge is 0.391 e. The molecule has 0 aromatic heterocycles. The van der Waals surface area contributed by atoms with Crippen molar-refractivity contribution in [3.05, 3.63) is 0 Å². The summed E-state index contributed by atoms with van der Waals surface area (Å²) in [5.74, 6) is 0. The van der Waals surface area contributed by atoms with Crippen molar-refractivity contribution in [1.29, 1.82) is 0 Å². The normalized spacial score (nSPS) is 42.4. The summed E-state index contributed by atoms with van der Waals surface area (Å²) in [6.45, 7) is 0. The minimum Gasteiger partial charge on any atom is -0.391 e. The van der Waals surface area contributed by atoms with Gasteiger partial charge in [-0.05, 0) is 39.2 Å². The maximum absolute atomic E-state index is 9.99. The fraction of sp³-hybridized carbons (Fsp3) is 1.00. The molecule has 3 nitrogen and oxygen atoms in total. The molecule has 2 rings (SSSR count). The average Bonchev–Trinajstić information content (AvgIpc) is 2.65. The Kier molecular flexibility index (Phi) is 3.65. The van der Waals surface area contributed by atoms with Gasteiger partial charge in [0.2, 0.25) is 0 Å². The van der Waals surface area contributed by atoms with E-state index in [-0.39, 0.29) is 6.10 Å². The van der Waals surface area contributed by atoms with E-state index in [1.807, 2.05) is 0 Å². The first-order valence-corrected chi connectivity index (χ1v) is 6.34. The summed E-state index contributed by atoms with van der Waals surface area (Å²) >= 11 is 0. The maximum atomic E-state index is 9.99. The van der Waals surface area contributed by atoms with Crippen LogP contribution in [0.2, 0.25) is 0 Å². The number of aliphatic hydroxyl groups is 1. The van der Waals surface area contributed by atoms with E-state index in [0.29, 0.717) is 18.1 Å². The third-order valence-electron chi connectivity index (χ3n) is 4.24. The predicted molar refractivity (Wildman–Crippen MR) is 61.6 cm³/mol. The molecule has 0 heterocycles. The van der Waals surface area contributed by atoms with Crippen LogP contribution in [-0.2, 0) is 0 Å². The number of hydrogen-bond acceptors (Lipinski definition) is 3. The fourth-order valence-corrected chi connectivity index (χ4v) is 3.20. The van der Waals surface area contributed by atoms with Gasteiger partial charge in [0.1, 0.15) is 0 Å². The third-order valence-corrected chi connectivity index (χ3v) is 4.24. The highest BCUT2D eigenvalue weighted by molar-refractivity contribution is 4.90. The molecule has 88 valence electrons. The molecule has 2 aliphatic carbocycles. The van der Waals surface area contributed by atoms with Gasteiger partial charge in [-0.1, -0.05) is 12.8 Å². The van der Waals surface area contributed by atoms with Crippen molar-refractivity contribution >= 4 is 0 Å². The van der Waals surface area contributed by atoms with Crippen molar-refractivity contribution in [2.24, 2.45) is 5.73 Å². The first-order valence-electron chi connectivity index (χ1n) is 6.34. The lowest BCUT2D eigenvalue weighted by Crippen LogP contribution is -2.47. The number of aliphatic hydroxyl groups excluding tert-OH is 1. The lowest BCUT2D eigenvalue weighted by molar-refractivity contribution is 0.0136. The van der Waals surface area contributed by atoms with Gasteiger partial charge < -0.3 is 10.8 Å². The molecular formula is C12H24N2O. The van der Waals surface area contributed by atoms with Crippen molar-refractivity contribution in [2.45, 2.75) is 69.2 Å². The first kappa shape index (κ1) is 11.4. The predicted octanol–water partition coefficient (Wildman–Crippen LogP) is 1.10. The van der Waals surface area contributed by atoms with Crippen molar-refractivity contribution in [1.82, 2.24) is 4.90 Å². The Balaban J connectivity index is 1.91. The van der Waals surface area contributed by atoms with E-state index < -0.39 is 0 Å². The zero-order chi connectivity index (χ0) is 10.8. The molecule has 2 fully saturated rings. The summed E-state index contributed by atoms with van der Waals surface area (Å²) in [6, 6.07) is 1.38. The molecule has 0 spiro atoms. The van der Waals surface area contributed by atoms with Gasteiger partial charge in [-0.25, -0.2) is 0 Å². The SMILES string of the molecule is CN(C1CCC(N)C1)C1CCCCC1O. The Bertz CT molecular complexity index is 210. The van der Waals surface area contributed by atoms with Gasteiger partial charge in [-0.2, -0.15) is 0 Å². The van der Waals surface area contributed by atoms with Gasteiger partial charge in [0.25, 0.3) is 0 Å². The summed E-state index contributed by atoms with van der Waals surface area (Å²) in [5.41, 5.74) is 5.94. The molecule has 3 N–H and O–H groups in total. The van der Waals surface area contributed by atoms with E-state index in [2.05, 4.69) is 11.9 Å². The fourth-order valence-electron chi connectivity index (χ4n) is 3.20. The van der Waals surface area contributed by atoms with Crippen LogP contribution in [0.15, 0.2) is 0 Å². The second kappa shape index (κ2) is 4.81. The summed E-state index contributed by atoms with van der Waals surface area (Å²) < 4.78 is 0. The molecular weight excluding hydrogens is 188 g/mol. The highest BCUT2D eigenvalue weighted by Crippen LogP contribution is 2.29. The summed E-state index contributed by atoms with van der Waals surface area (Å²) in [6.07, 6.45) is 7.96. The molecule has 0 aromatic carbocycles. The number of rotatable bonds is 2. The number of hydrogen-bond donors (Lipinski definition) is 2. The van der Waals surface area contributed by atoms with Gasteiger partial charge in [0.05, 0.1) is 6.10 Å². The molecule has 4 unspecified atom stereocenters. The highest BCUT2D eigenvalue weighted by Gasteiger charge is 2.33. The molecule has 0 aromatic rings. The Hall–Kier alpha value is -0.120. The molecule has 4 atom stereocenters. The number of nitrogens with zero attached hydrogens (tertiary/aromatic N) is 1. The first-order chi connectivity index (χ1) is 7.18. The van der Waals surface area contributed by atoms with Crippen molar-refractivity contribution < 1.29 is 5.11 Å².